The van der Waals surface area contributed by atoms with Gasteiger partial charge in [0.05, 0.1) is 5.56 Å². The fourth-order valence-corrected chi connectivity index (χ4v) is 2.77. The second kappa shape index (κ2) is 7.97. The Morgan fingerprint density at radius 3 is 2.42 bits per heavy atom. The molecule has 1 fully saturated rings. The van der Waals surface area contributed by atoms with E-state index in [0.717, 1.165) is 12.8 Å². The standard InChI is InChI=1S/C19H22N4O3/c1-23(2)17-15(5-3-11-20-17)18(24)21-13-7-9-14(10-8-13)22-19(25)16-6-4-12-26-16/h3,5,7-11,16H,4,6,12H2,1-2H3,(H,21,24)(H,22,25). The smallest absolute Gasteiger partial charge is 0.259 e. The highest BCUT2D eigenvalue weighted by atomic mass is 16.5. The number of benzene rings is 1. The molecule has 0 radical (unpaired) electrons. The zero-order valence-corrected chi connectivity index (χ0v) is 14.9. The van der Waals surface area contributed by atoms with Gasteiger partial charge >= 0.3 is 0 Å². The van der Waals surface area contributed by atoms with E-state index in [1.165, 1.54) is 0 Å². The molecule has 1 aliphatic rings. The number of hydrogen-bond acceptors (Lipinski definition) is 5. The van der Waals surface area contributed by atoms with Crippen molar-refractivity contribution >= 4 is 29.0 Å². The summed E-state index contributed by atoms with van der Waals surface area (Å²) in [6.45, 7) is 0.631. The highest BCUT2D eigenvalue weighted by molar-refractivity contribution is 6.07. The molecule has 7 nitrogen and oxygen atoms in total. The molecule has 1 saturated heterocycles. The van der Waals surface area contributed by atoms with Gasteiger partial charge in [0, 0.05) is 38.3 Å². The van der Waals surface area contributed by atoms with Gasteiger partial charge in [-0.2, -0.15) is 0 Å². The van der Waals surface area contributed by atoms with Gasteiger partial charge in [-0.05, 0) is 49.2 Å². The fraction of sp³-hybridized carbons (Fsp3) is 0.316. The van der Waals surface area contributed by atoms with E-state index in [1.807, 2.05) is 14.1 Å². The summed E-state index contributed by atoms with van der Waals surface area (Å²) in [5, 5.41) is 5.67. The number of aromatic nitrogens is 1. The topological polar surface area (TPSA) is 83.6 Å². The molecule has 0 aliphatic carbocycles. The monoisotopic (exact) mass is 354 g/mol. The Hall–Kier alpha value is -2.93. The number of anilines is 3. The van der Waals surface area contributed by atoms with Gasteiger partial charge in [-0.3, -0.25) is 9.59 Å². The third-order valence-corrected chi connectivity index (χ3v) is 4.09. The number of ether oxygens (including phenoxy) is 1. The second-order valence-electron chi connectivity index (χ2n) is 6.29. The summed E-state index contributed by atoms with van der Waals surface area (Å²) in [5.74, 6) is 0.230. The maximum absolute atomic E-state index is 12.5. The van der Waals surface area contributed by atoms with E-state index >= 15 is 0 Å². The first-order valence-corrected chi connectivity index (χ1v) is 8.51. The largest absolute Gasteiger partial charge is 0.368 e. The van der Waals surface area contributed by atoms with E-state index in [2.05, 4.69) is 15.6 Å². The summed E-state index contributed by atoms with van der Waals surface area (Å²) < 4.78 is 5.36. The minimum absolute atomic E-state index is 0.134. The molecule has 1 aromatic carbocycles. The van der Waals surface area contributed by atoms with Crippen molar-refractivity contribution in [2.24, 2.45) is 0 Å². The third-order valence-electron chi connectivity index (χ3n) is 4.09. The van der Waals surface area contributed by atoms with Gasteiger partial charge < -0.3 is 20.3 Å². The SMILES string of the molecule is CN(C)c1ncccc1C(=O)Nc1ccc(NC(=O)C2CCCO2)cc1. The zero-order valence-electron chi connectivity index (χ0n) is 14.9. The average molecular weight is 354 g/mol. The van der Waals surface area contributed by atoms with Crippen LogP contribution in [0.15, 0.2) is 42.6 Å². The lowest BCUT2D eigenvalue weighted by Gasteiger charge is -2.15. The number of rotatable bonds is 5. The van der Waals surface area contributed by atoms with Crippen LogP contribution in [0.25, 0.3) is 0 Å². The molecule has 2 heterocycles. The lowest BCUT2D eigenvalue weighted by Crippen LogP contribution is -2.26. The number of pyridine rings is 1. The predicted octanol–water partition coefficient (Wildman–Crippen LogP) is 2.52. The van der Waals surface area contributed by atoms with Crippen molar-refractivity contribution in [3.8, 4) is 0 Å². The molecule has 26 heavy (non-hydrogen) atoms. The zero-order chi connectivity index (χ0) is 18.5. The summed E-state index contributed by atoms with van der Waals surface area (Å²) >= 11 is 0. The second-order valence-corrected chi connectivity index (χ2v) is 6.29. The molecular formula is C19H22N4O3. The van der Waals surface area contributed by atoms with Crippen LogP contribution in [0.4, 0.5) is 17.2 Å². The van der Waals surface area contributed by atoms with Crippen molar-refractivity contribution in [3.05, 3.63) is 48.2 Å². The first-order valence-electron chi connectivity index (χ1n) is 8.51. The molecule has 1 aliphatic heterocycles. The molecule has 0 spiro atoms. The summed E-state index contributed by atoms with van der Waals surface area (Å²) in [6.07, 6.45) is 2.94. The molecule has 1 aromatic heterocycles. The van der Waals surface area contributed by atoms with Gasteiger partial charge in [-0.25, -0.2) is 4.98 Å². The molecule has 7 heteroatoms. The number of carbonyl (C=O) groups is 2. The normalized spacial score (nSPS) is 16.2. The van der Waals surface area contributed by atoms with Crippen molar-refractivity contribution in [2.45, 2.75) is 18.9 Å². The fourth-order valence-electron chi connectivity index (χ4n) is 2.77. The van der Waals surface area contributed by atoms with Crippen molar-refractivity contribution < 1.29 is 14.3 Å². The molecule has 0 saturated carbocycles. The van der Waals surface area contributed by atoms with Crippen LogP contribution in [0.2, 0.25) is 0 Å². The Morgan fingerprint density at radius 2 is 1.81 bits per heavy atom. The molecule has 3 rings (SSSR count). The summed E-state index contributed by atoms with van der Waals surface area (Å²) in [4.78, 5) is 30.6. The number of nitrogens with one attached hydrogen (secondary N) is 2. The number of hydrogen-bond donors (Lipinski definition) is 2. The van der Waals surface area contributed by atoms with E-state index in [-0.39, 0.29) is 17.9 Å². The van der Waals surface area contributed by atoms with Gasteiger partial charge in [0.1, 0.15) is 11.9 Å². The van der Waals surface area contributed by atoms with Crippen LogP contribution in [0.5, 0.6) is 0 Å². The maximum atomic E-state index is 12.5. The Labute approximate surface area is 152 Å². The van der Waals surface area contributed by atoms with Gasteiger partial charge in [0.2, 0.25) is 0 Å². The minimum Gasteiger partial charge on any atom is -0.368 e. The molecular weight excluding hydrogens is 332 g/mol. The van der Waals surface area contributed by atoms with Gasteiger partial charge in [0.15, 0.2) is 0 Å². The maximum Gasteiger partial charge on any atom is 0.259 e. The van der Waals surface area contributed by atoms with E-state index < -0.39 is 0 Å². The molecule has 1 unspecified atom stereocenters. The van der Waals surface area contributed by atoms with Crippen LogP contribution in [0.1, 0.15) is 23.2 Å². The number of carbonyl (C=O) groups excluding carboxylic acids is 2. The number of amides is 2. The van der Waals surface area contributed by atoms with Crippen LogP contribution in [0, 0.1) is 0 Å². The summed E-state index contributed by atoms with van der Waals surface area (Å²) in [6, 6.07) is 10.4. The Morgan fingerprint density at radius 1 is 1.12 bits per heavy atom. The van der Waals surface area contributed by atoms with Gasteiger partial charge in [-0.15, -0.1) is 0 Å². The molecule has 2 aromatic rings. The molecule has 2 N–H and O–H groups in total. The van der Waals surface area contributed by atoms with Gasteiger partial charge in [0.25, 0.3) is 11.8 Å². The van der Waals surface area contributed by atoms with E-state index in [1.54, 1.807) is 47.5 Å². The predicted molar refractivity (Wildman–Crippen MR) is 101 cm³/mol. The van der Waals surface area contributed by atoms with Crippen molar-refractivity contribution in [1.82, 2.24) is 4.98 Å². The lowest BCUT2D eigenvalue weighted by molar-refractivity contribution is -0.124. The highest BCUT2D eigenvalue weighted by Crippen LogP contribution is 2.20. The average Bonchev–Trinajstić information content (AvgIpc) is 3.18. The van der Waals surface area contributed by atoms with Crippen LogP contribution in [-0.4, -0.2) is 43.6 Å². The Bertz CT molecular complexity index is 784. The molecule has 2 amide bonds. The first-order chi connectivity index (χ1) is 12.5. The minimum atomic E-state index is -0.371. The molecule has 0 bridgehead atoms. The summed E-state index contributed by atoms with van der Waals surface area (Å²) in [5.41, 5.74) is 1.80. The van der Waals surface area contributed by atoms with E-state index in [9.17, 15) is 9.59 Å². The Balaban J connectivity index is 1.64. The van der Waals surface area contributed by atoms with Crippen LogP contribution in [-0.2, 0) is 9.53 Å². The van der Waals surface area contributed by atoms with E-state index in [0.29, 0.717) is 29.4 Å². The Kier molecular flexibility index (Phi) is 5.48. The van der Waals surface area contributed by atoms with Crippen molar-refractivity contribution in [3.63, 3.8) is 0 Å². The highest BCUT2D eigenvalue weighted by Gasteiger charge is 2.23. The first kappa shape index (κ1) is 17.9. The van der Waals surface area contributed by atoms with Crippen molar-refractivity contribution in [1.29, 1.82) is 0 Å². The quantitative estimate of drug-likeness (QED) is 0.862. The van der Waals surface area contributed by atoms with Crippen LogP contribution >= 0.6 is 0 Å². The molecule has 136 valence electrons. The third kappa shape index (κ3) is 4.18. The molecule has 1 atom stereocenters. The number of nitrogens with zero attached hydrogens (tertiary/aromatic N) is 2. The van der Waals surface area contributed by atoms with Crippen LogP contribution in [0.3, 0.4) is 0 Å². The lowest BCUT2D eigenvalue weighted by atomic mass is 10.2. The van der Waals surface area contributed by atoms with Crippen molar-refractivity contribution in [2.75, 3.05) is 36.2 Å². The van der Waals surface area contributed by atoms with Gasteiger partial charge in [-0.1, -0.05) is 0 Å². The van der Waals surface area contributed by atoms with Crippen LogP contribution < -0.4 is 15.5 Å². The van der Waals surface area contributed by atoms with E-state index in [4.69, 9.17) is 4.74 Å². The summed E-state index contributed by atoms with van der Waals surface area (Å²) in [7, 11) is 3.68.